The number of rotatable bonds is 1. The highest BCUT2D eigenvalue weighted by Gasteiger charge is 2.24. The van der Waals surface area contributed by atoms with Crippen LogP contribution in [0.2, 0.25) is 0 Å². The van der Waals surface area contributed by atoms with Gasteiger partial charge in [-0.25, -0.2) is 4.79 Å². The zero-order valence-electron chi connectivity index (χ0n) is 12.8. The highest BCUT2D eigenvalue weighted by atomic mass is 16.5. The first-order chi connectivity index (χ1) is 11.0. The Morgan fingerprint density at radius 2 is 2.26 bits per heavy atom. The number of urea groups is 1. The first-order valence-corrected chi connectivity index (χ1v) is 7.40. The normalized spacial score (nSPS) is 21.3. The van der Waals surface area contributed by atoms with E-state index in [-0.39, 0.29) is 31.7 Å². The third-order valence-corrected chi connectivity index (χ3v) is 3.83. The first kappa shape index (κ1) is 15.6. The van der Waals surface area contributed by atoms with E-state index in [0.717, 1.165) is 0 Å². The van der Waals surface area contributed by atoms with Crippen LogP contribution in [0.5, 0.6) is 5.75 Å². The van der Waals surface area contributed by atoms with Gasteiger partial charge in [-0.1, -0.05) is 0 Å². The van der Waals surface area contributed by atoms with Crippen LogP contribution in [0, 0.1) is 0 Å². The largest absolute Gasteiger partial charge is 0.481 e. The Morgan fingerprint density at radius 3 is 3.09 bits per heavy atom. The fraction of sp³-hybridized carbons (Fsp3) is 0.467. The molecule has 0 radical (unpaired) electrons. The zero-order valence-corrected chi connectivity index (χ0v) is 12.8. The molecule has 0 bridgehead atoms. The molecule has 23 heavy (non-hydrogen) atoms. The zero-order chi connectivity index (χ0) is 16.4. The van der Waals surface area contributed by atoms with Gasteiger partial charge in [0.05, 0.1) is 31.5 Å². The number of aliphatic hydroxyl groups is 1. The number of anilines is 2. The Labute approximate surface area is 133 Å². The molecule has 3 rings (SSSR count). The molecule has 8 nitrogen and oxygen atoms in total. The number of carbonyl (C=O) groups is 2. The second-order valence-electron chi connectivity index (χ2n) is 5.53. The molecule has 1 aromatic carbocycles. The lowest BCUT2D eigenvalue weighted by atomic mass is 10.2. The summed E-state index contributed by atoms with van der Waals surface area (Å²) >= 11 is 0. The van der Waals surface area contributed by atoms with Crippen LogP contribution in [0.1, 0.15) is 0 Å². The highest BCUT2D eigenvalue weighted by molar-refractivity contribution is 5.98. The maximum absolute atomic E-state index is 12.3. The maximum atomic E-state index is 12.3. The summed E-state index contributed by atoms with van der Waals surface area (Å²) in [5.74, 6) is 0.428. The van der Waals surface area contributed by atoms with Crippen LogP contribution < -0.4 is 15.0 Å². The summed E-state index contributed by atoms with van der Waals surface area (Å²) in [6, 6.07) is 4.80. The molecule has 8 heteroatoms. The molecule has 124 valence electrons. The van der Waals surface area contributed by atoms with E-state index in [1.54, 1.807) is 25.2 Å². The van der Waals surface area contributed by atoms with Gasteiger partial charge in [0.2, 0.25) is 0 Å². The van der Waals surface area contributed by atoms with E-state index in [4.69, 9.17) is 9.47 Å². The molecule has 3 amide bonds. The quantitative estimate of drug-likeness (QED) is 0.774. The van der Waals surface area contributed by atoms with Gasteiger partial charge in [-0.3, -0.25) is 4.79 Å². The summed E-state index contributed by atoms with van der Waals surface area (Å²) in [5.41, 5.74) is 1.23. The van der Waals surface area contributed by atoms with E-state index >= 15 is 0 Å². The number of aliphatic hydroxyl groups excluding tert-OH is 1. The summed E-state index contributed by atoms with van der Waals surface area (Å²) in [6.07, 6.45) is -0.685. The van der Waals surface area contributed by atoms with Gasteiger partial charge in [-0.15, -0.1) is 0 Å². The Hall–Kier alpha value is -2.32. The Morgan fingerprint density at radius 1 is 1.43 bits per heavy atom. The van der Waals surface area contributed by atoms with Gasteiger partial charge in [-0.05, 0) is 12.1 Å². The molecule has 1 atom stereocenters. The lowest BCUT2D eigenvalue weighted by Crippen LogP contribution is -2.40. The van der Waals surface area contributed by atoms with Gasteiger partial charge in [0.15, 0.2) is 6.61 Å². The smallest absolute Gasteiger partial charge is 0.322 e. The fourth-order valence-electron chi connectivity index (χ4n) is 2.53. The van der Waals surface area contributed by atoms with Gasteiger partial charge in [0.1, 0.15) is 5.75 Å². The average Bonchev–Trinajstić information content (AvgIpc) is 2.76. The number of hydrogen-bond donors (Lipinski definition) is 2. The third kappa shape index (κ3) is 3.38. The van der Waals surface area contributed by atoms with Gasteiger partial charge in [-0.2, -0.15) is 0 Å². The minimum absolute atomic E-state index is 0.0173. The number of hydrogen-bond acceptors (Lipinski definition) is 5. The van der Waals surface area contributed by atoms with E-state index < -0.39 is 6.10 Å². The van der Waals surface area contributed by atoms with E-state index in [0.29, 0.717) is 30.3 Å². The van der Waals surface area contributed by atoms with Crippen LogP contribution in [0.15, 0.2) is 18.2 Å². The number of nitrogens with one attached hydrogen (secondary N) is 1. The van der Waals surface area contributed by atoms with Gasteiger partial charge < -0.3 is 29.7 Å². The third-order valence-electron chi connectivity index (χ3n) is 3.83. The van der Waals surface area contributed by atoms with Crippen molar-refractivity contribution in [2.75, 3.05) is 50.2 Å². The van der Waals surface area contributed by atoms with Gasteiger partial charge >= 0.3 is 6.03 Å². The number of benzene rings is 1. The molecule has 1 aromatic rings. The minimum atomic E-state index is -0.685. The van der Waals surface area contributed by atoms with Crippen molar-refractivity contribution < 1.29 is 24.2 Å². The van der Waals surface area contributed by atoms with Crippen LogP contribution in [0.4, 0.5) is 16.2 Å². The SMILES string of the molecule is CN1C(=O)COc2cc(NC(=O)N3CCOC[C@H](O)C3)ccc21. The summed E-state index contributed by atoms with van der Waals surface area (Å²) in [5, 5.41) is 12.5. The lowest BCUT2D eigenvalue weighted by Gasteiger charge is -2.27. The van der Waals surface area contributed by atoms with Crippen molar-refractivity contribution in [1.29, 1.82) is 0 Å². The Kier molecular flexibility index (Phi) is 4.35. The highest BCUT2D eigenvalue weighted by Crippen LogP contribution is 2.33. The lowest BCUT2D eigenvalue weighted by molar-refractivity contribution is -0.120. The van der Waals surface area contributed by atoms with Crippen molar-refractivity contribution in [3.63, 3.8) is 0 Å². The van der Waals surface area contributed by atoms with Crippen LogP contribution in [0.3, 0.4) is 0 Å². The number of ether oxygens (including phenoxy) is 2. The summed E-state index contributed by atoms with van der Waals surface area (Å²) in [4.78, 5) is 26.9. The van der Waals surface area contributed by atoms with E-state index in [9.17, 15) is 14.7 Å². The van der Waals surface area contributed by atoms with E-state index in [1.807, 2.05) is 0 Å². The van der Waals surface area contributed by atoms with Crippen molar-refractivity contribution in [3.05, 3.63) is 18.2 Å². The average molecular weight is 321 g/mol. The number of likely N-dealkylation sites (N-methyl/N-ethyl adjacent to an activating group) is 1. The van der Waals surface area contributed by atoms with E-state index in [1.165, 1.54) is 9.80 Å². The number of β-amino-alcohol motifs (C(OH)–C–C–N with tert-alkyl or cyclic N) is 1. The van der Waals surface area contributed by atoms with Crippen molar-refractivity contribution >= 4 is 23.3 Å². The summed E-state index contributed by atoms with van der Waals surface area (Å²) in [6.45, 7) is 1.25. The Balaban J connectivity index is 1.70. The molecule has 0 aromatic heterocycles. The van der Waals surface area contributed by atoms with Crippen molar-refractivity contribution in [1.82, 2.24) is 4.90 Å². The molecule has 0 aliphatic carbocycles. The standard InChI is InChI=1S/C15H19N3O5/c1-17-12-3-2-10(6-13(12)23-9-14(17)20)16-15(21)18-4-5-22-8-11(19)7-18/h2-3,6,11,19H,4-5,7-9H2,1H3,(H,16,21)/t11-/m1/s1. The second-order valence-corrected chi connectivity index (χ2v) is 5.53. The molecule has 2 heterocycles. The molecule has 0 unspecified atom stereocenters. The molecule has 2 aliphatic rings. The molecule has 1 saturated heterocycles. The fourth-order valence-corrected chi connectivity index (χ4v) is 2.53. The molecule has 0 spiro atoms. The molecule has 1 fully saturated rings. The van der Waals surface area contributed by atoms with Crippen molar-refractivity contribution in [3.8, 4) is 5.75 Å². The van der Waals surface area contributed by atoms with Gasteiger partial charge in [0, 0.05) is 25.3 Å². The number of fused-ring (bicyclic) bond motifs is 1. The maximum Gasteiger partial charge on any atom is 0.322 e. The summed E-state index contributed by atoms with van der Waals surface area (Å²) < 4.78 is 10.6. The molecular formula is C15H19N3O5. The predicted molar refractivity (Wildman–Crippen MR) is 82.8 cm³/mol. The van der Waals surface area contributed by atoms with Crippen LogP contribution >= 0.6 is 0 Å². The number of carbonyl (C=O) groups excluding carboxylic acids is 2. The van der Waals surface area contributed by atoms with Crippen LogP contribution in [-0.2, 0) is 9.53 Å². The second kappa shape index (κ2) is 6.43. The predicted octanol–water partition coefficient (Wildman–Crippen LogP) is 0.267. The van der Waals surface area contributed by atoms with Crippen LogP contribution in [-0.4, -0.2) is 68.0 Å². The minimum Gasteiger partial charge on any atom is -0.481 e. The molecular weight excluding hydrogens is 302 g/mol. The molecule has 2 N–H and O–H groups in total. The number of amides is 3. The molecule has 0 saturated carbocycles. The van der Waals surface area contributed by atoms with Gasteiger partial charge in [0.25, 0.3) is 5.91 Å². The topological polar surface area (TPSA) is 91.3 Å². The summed E-state index contributed by atoms with van der Waals surface area (Å²) in [7, 11) is 1.68. The van der Waals surface area contributed by atoms with Crippen molar-refractivity contribution in [2.24, 2.45) is 0 Å². The molecule has 2 aliphatic heterocycles. The monoisotopic (exact) mass is 321 g/mol. The Bertz CT molecular complexity index is 621. The first-order valence-electron chi connectivity index (χ1n) is 7.40. The van der Waals surface area contributed by atoms with E-state index in [2.05, 4.69) is 5.32 Å². The number of nitrogens with zero attached hydrogens (tertiary/aromatic N) is 2. The van der Waals surface area contributed by atoms with Crippen molar-refractivity contribution in [2.45, 2.75) is 6.10 Å². The van der Waals surface area contributed by atoms with Crippen LogP contribution in [0.25, 0.3) is 0 Å².